The summed E-state index contributed by atoms with van der Waals surface area (Å²) in [5, 5.41) is 0.571. The Kier molecular flexibility index (Phi) is 4.09. The molecule has 1 aliphatic heterocycles. The molecule has 0 aromatic heterocycles. The summed E-state index contributed by atoms with van der Waals surface area (Å²) in [6, 6.07) is 0. The largest absolute Gasteiger partial charge is 0.299 e. The first kappa shape index (κ1) is 11.2. The molecule has 0 radical (unpaired) electrons. The lowest BCUT2D eigenvalue weighted by molar-refractivity contribution is -0.123. The molecule has 0 spiro atoms. The van der Waals surface area contributed by atoms with Crippen LogP contribution in [0.5, 0.6) is 0 Å². The summed E-state index contributed by atoms with van der Waals surface area (Å²) < 4.78 is 0.506. The Bertz CT molecular complexity index is 222. The SMILES string of the molecule is O=C1CCCCC1C1SCC(CCl)S1. The first-order valence-corrected chi connectivity index (χ1v) is 7.69. The molecule has 0 N–H and O–H groups in total. The molecule has 1 aliphatic carbocycles. The molecule has 0 aromatic carbocycles. The third-order valence-corrected chi connectivity index (χ3v) is 6.95. The van der Waals surface area contributed by atoms with E-state index in [1.165, 1.54) is 6.42 Å². The average Bonchev–Trinajstić information content (AvgIpc) is 2.67. The minimum Gasteiger partial charge on any atom is -0.299 e. The van der Waals surface area contributed by atoms with Gasteiger partial charge in [-0.3, -0.25) is 4.79 Å². The molecule has 2 rings (SSSR count). The summed E-state index contributed by atoms with van der Waals surface area (Å²) >= 11 is 9.70. The monoisotopic (exact) mass is 250 g/mol. The fourth-order valence-corrected chi connectivity index (χ4v) is 6.06. The zero-order chi connectivity index (χ0) is 9.97. The van der Waals surface area contributed by atoms with Crippen molar-refractivity contribution in [1.82, 2.24) is 0 Å². The van der Waals surface area contributed by atoms with Crippen molar-refractivity contribution in [2.75, 3.05) is 11.6 Å². The van der Waals surface area contributed by atoms with Gasteiger partial charge < -0.3 is 0 Å². The van der Waals surface area contributed by atoms with Crippen molar-refractivity contribution in [1.29, 1.82) is 0 Å². The molecule has 0 bridgehead atoms. The highest BCUT2D eigenvalue weighted by Gasteiger charge is 2.36. The quantitative estimate of drug-likeness (QED) is 0.701. The van der Waals surface area contributed by atoms with Gasteiger partial charge >= 0.3 is 0 Å². The first-order chi connectivity index (χ1) is 6.81. The number of carbonyl (C=O) groups excluding carboxylic acids is 1. The Hall–Kier alpha value is 0.660. The molecular weight excluding hydrogens is 236 g/mol. The summed E-state index contributed by atoms with van der Waals surface area (Å²) in [6.07, 6.45) is 4.27. The fraction of sp³-hybridized carbons (Fsp3) is 0.900. The number of hydrogen-bond donors (Lipinski definition) is 0. The van der Waals surface area contributed by atoms with Crippen LogP contribution < -0.4 is 0 Å². The van der Waals surface area contributed by atoms with E-state index in [0.717, 1.165) is 30.9 Å². The summed E-state index contributed by atoms with van der Waals surface area (Å²) in [5.74, 6) is 2.68. The second kappa shape index (κ2) is 5.13. The minimum atomic E-state index is 0.326. The van der Waals surface area contributed by atoms with Crippen LogP contribution in [0.2, 0.25) is 0 Å². The number of Topliss-reactive ketones (excluding diaryl/α,β-unsaturated/α-hetero) is 1. The van der Waals surface area contributed by atoms with Crippen LogP contribution in [-0.2, 0) is 4.79 Å². The highest BCUT2D eigenvalue weighted by atomic mass is 35.5. The van der Waals surface area contributed by atoms with Crippen molar-refractivity contribution in [3.05, 3.63) is 0 Å². The van der Waals surface area contributed by atoms with Crippen molar-refractivity contribution < 1.29 is 4.79 Å². The number of thioether (sulfide) groups is 2. The van der Waals surface area contributed by atoms with Crippen molar-refractivity contribution in [3.63, 3.8) is 0 Å². The molecule has 2 aliphatic rings. The van der Waals surface area contributed by atoms with Gasteiger partial charge in [-0.1, -0.05) is 6.42 Å². The van der Waals surface area contributed by atoms with Crippen molar-refractivity contribution in [3.8, 4) is 0 Å². The Morgan fingerprint density at radius 1 is 1.43 bits per heavy atom. The maximum absolute atomic E-state index is 11.7. The van der Waals surface area contributed by atoms with E-state index in [0.29, 0.717) is 21.5 Å². The van der Waals surface area contributed by atoms with E-state index in [4.69, 9.17) is 11.6 Å². The molecular formula is C10H15ClOS2. The van der Waals surface area contributed by atoms with E-state index >= 15 is 0 Å². The summed E-state index contributed by atoms with van der Waals surface area (Å²) in [5.41, 5.74) is 0. The van der Waals surface area contributed by atoms with E-state index < -0.39 is 0 Å². The predicted octanol–water partition coefficient (Wildman–Crippen LogP) is 3.16. The Labute approximate surface area is 98.7 Å². The molecule has 1 nitrogen and oxygen atoms in total. The number of ketones is 1. The van der Waals surface area contributed by atoms with Gasteiger partial charge in [0.2, 0.25) is 0 Å². The van der Waals surface area contributed by atoms with Crippen molar-refractivity contribution >= 4 is 40.9 Å². The van der Waals surface area contributed by atoms with Gasteiger partial charge in [0.05, 0.1) is 4.58 Å². The normalized spacial score (nSPS) is 38.9. The number of rotatable bonds is 2. The van der Waals surface area contributed by atoms with Crippen molar-refractivity contribution in [2.24, 2.45) is 5.92 Å². The molecule has 80 valence electrons. The Morgan fingerprint density at radius 2 is 2.29 bits per heavy atom. The van der Waals surface area contributed by atoms with Crippen LogP contribution >= 0.6 is 35.1 Å². The second-order valence-corrected chi connectivity index (χ2v) is 7.16. The maximum Gasteiger partial charge on any atom is 0.137 e. The Balaban J connectivity index is 1.91. The van der Waals surface area contributed by atoms with Crippen LogP contribution in [0, 0.1) is 5.92 Å². The van der Waals surface area contributed by atoms with E-state index in [-0.39, 0.29) is 0 Å². The summed E-state index contributed by atoms with van der Waals surface area (Å²) in [6.45, 7) is 0. The lowest BCUT2D eigenvalue weighted by atomic mass is 9.89. The van der Waals surface area contributed by atoms with Crippen molar-refractivity contribution in [2.45, 2.75) is 35.5 Å². The van der Waals surface area contributed by atoms with E-state index in [2.05, 4.69) is 0 Å². The van der Waals surface area contributed by atoms with Crippen LogP contribution in [0.4, 0.5) is 0 Å². The molecule has 14 heavy (non-hydrogen) atoms. The van der Waals surface area contributed by atoms with Gasteiger partial charge in [-0.2, -0.15) is 0 Å². The van der Waals surface area contributed by atoms with E-state index in [9.17, 15) is 4.79 Å². The van der Waals surface area contributed by atoms with Crippen LogP contribution in [0.3, 0.4) is 0 Å². The average molecular weight is 251 g/mol. The van der Waals surface area contributed by atoms with Crippen LogP contribution in [0.15, 0.2) is 0 Å². The lowest BCUT2D eigenvalue weighted by Crippen LogP contribution is -2.26. The highest BCUT2D eigenvalue weighted by molar-refractivity contribution is 8.20. The van der Waals surface area contributed by atoms with Gasteiger partial charge in [-0.05, 0) is 12.8 Å². The standard InChI is InChI=1S/C10H15ClOS2/c11-5-7-6-13-10(14-7)8-3-1-2-4-9(8)12/h7-8,10H,1-6H2. The minimum absolute atomic E-state index is 0.326. The maximum atomic E-state index is 11.7. The van der Waals surface area contributed by atoms with Crippen LogP contribution in [0.25, 0.3) is 0 Å². The molecule has 2 fully saturated rings. The third kappa shape index (κ3) is 2.42. The number of alkyl halides is 1. The molecule has 1 saturated heterocycles. The van der Waals surface area contributed by atoms with E-state index in [1.54, 1.807) is 0 Å². The lowest BCUT2D eigenvalue weighted by Gasteiger charge is -2.24. The topological polar surface area (TPSA) is 17.1 Å². The van der Waals surface area contributed by atoms with Gasteiger partial charge in [-0.15, -0.1) is 35.1 Å². The van der Waals surface area contributed by atoms with Gasteiger partial charge in [0.1, 0.15) is 5.78 Å². The second-order valence-electron chi connectivity index (χ2n) is 3.93. The Morgan fingerprint density at radius 3 is 2.93 bits per heavy atom. The molecule has 0 aromatic rings. The van der Waals surface area contributed by atoms with Gasteiger partial charge in [0.25, 0.3) is 0 Å². The molecule has 4 heteroatoms. The zero-order valence-corrected chi connectivity index (χ0v) is 10.5. The molecule has 0 amide bonds. The summed E-state index contributed by atoms with van der Waals surface area (Å²) in [4.78, 5) is 11.7. The van der Waals surface area contributed by atoms with Gasteiger partial charge in [-0.25, -0.2) is 0 Å². The molecule has 1 heterocycles. The first-order valence-electron chi connectivity index (χ1n) is 5.17. The molecule has 3 atom stereocenters. The molecule has 1 saturated carbocycles. The smallest absolute Gasteiger partial charge is 0.137 e. The summed E-state index contributed by atoms with van der Waals surface area (Å²) in [7, 11) is 0. The number of hydrogen-bond acceptors (Lipinski definition) is 3. The zero-order valence-electron chi connectivity index (χ0n) is 8.08. The van der Waals surface area contributed by atoms with Crippen LogP contribution in [0.1, 0.15) is 25.7 Å². The number of carbonyl (C=O) groups is 1. The molecule has 3 unspecified atom stereocenters. The van der Waals surface area contributed by atoms with Crippen LogP contribution in [-0.4, -0.2) is 27.2 Å². The van der Waals surface area contributed by atoms with E-state index in [1.807, 2.05) is 23.5 Å². The third-order valence-electron chi connectivity index (χ3n) is 2.88. The highest BCUT2D eigenvalue weighted by Crippen LogP contribution is 2.45. The fourth-order valence-electron chi connectivity index (χ4n) is 2.06. The number of halogens is 1. The van der Waals surface area contributed by atoms with Gasteiger partial charge in [0, 0.05) is 29.2 Å². The van der Waals surface area contributed by atoms with Gasteiger partial charge in [0.15, 0.2) is 0 Å². The predicted molar refractivity (Wildman–Crippen MR) is 65.3 cm³/mol.